The summed E-state index contributed by atoms with van der Waals surface area (Å²) >= 11 is 3.36. The molecule has 0 unspecified atom stereocenters. The number of nitrogens with zero attached hydrogens (tertiary/aromatic N) is 1. The van der Waals surface area contributed by atoms with Crippen molar-refractivity contribution in [2.75, 3.05) is 6.54 Å². The maximum Gasteiger partial charge on any atom is 0.311 e. The fourth-order valence-corrected chi connectivity index (χ4v) is 3.53. The quantitative estimate of drug-likeness (QED) is 0.828. The number of fused-ring (bicyclic) bond motifs is 1. The van der Waals surface area contributed by atoms with Gasteiger partial charge in [-0.3, -0.25) is 9.59 Å². The van der Waals surface area contributed by atoms with Crippen molar-refractivity contribution in [2.24, 2.45) is 5.92 Å². The fourth-order valence-electron chi connectivity index (χ4n) is 3.27. The Labute approximate surface area is 137 Å². The van der Waals surface area contributed by atoms with E-state index in [1.165, 1.54) is 0 Å². The predicted molar refractivity (Wildman–Crippen MR) is 82.8 cm³/mol. The summed E-state index contributed by atoms with van der Waals surface area (Å²) in [6, 6.07) is 7.44. The molecule has 1 aromatic carbocycles. The lowest BCUT2D eigenvalue weighted by atomic mass is 9.87. The molecule has 2 saturated heterocycles. The van der Waals surface area contributed by atoms with E-state index >= 15 is 0 Å². The number of hydrogen-bond acceptors (Lipinski definition) is 4. The highest BCUT2D eigenvalue weighted by Crippen LogP contribution is 2.33. The van der Waals surface area contributed by atoms with Crippen molar-refractivity contribution in [3.8, 4) is 0 Å². The number of esters is 1. The SMILES string of the molecule is O=C(OCc1ccc(Br)cc1)[C@H]1C[C@@H](O)C(=O)N2CCC[C@H]12. The molecule has 1 N–H and O–H groups in total. The first-order chi connectivity index (χ1) is 10.6. The third-order valence-corrected chi connectivity index (χ3v) is 4.93. The van der Waals surface area contributed by atoms with Gasteiger partial charge >= 0.3 is 5.97 Å². The van der Waals surface area contributed by atoms with Crippen LogP contribution in [0.1, 0.15) is 24.8 Å². The molecule has 0 aromatic heterocycles. The summed E-state index contributed by atoms with van der Waals surface area (Å²) in [6.45, 7) is 0.830. The maximum absolute atomic E-state index is 12.4. The summed E-state index contributed by atoms with van der Waals surface area (Å²) in [5.41, 5.74) is 0.910. The highest BCUT2D eigenvalue weighted by Gasteiger charge is 2.46. The van der Waals surface area contributed by atoms with Gasteiger partial charge in [0.2, 0.25) is 0 Å². The van der Waals surface area contributed by atoms with Crippen molar-refractivity contribution >= 4 is 27.8 Å². The molecule has 2 aliphatic rings. The van der Waals surface area contributed by atoms with Crippen molar-refractivity contribution < 1.29 is 19.4 Å². The number of piperidine rings is 1. The van der Waals surface area contributed by atoms with Gasteiger partial charge in [0.15, 0.2) is 0 Å². The molecule has 1 amide bonds. The van der Waals surface area contributed by atoms with E-state index in [4.69, 9.17) is 4.74 Å². The molecule has 0 bridgehead atoms. The molecule has 2 heterocycles. The second kappa shape index (κ2) is 6.38. The molecule has 22 heavy (non-hydrogen) atoms. The Hall–Kier alpha value is -1.40. The van der Waals surface area contributed by atoms with Gasteiger partial charge in [-0.2, -0.15) is 0 Å². The summed E-state index contributed by atoms with van der Waals surface area (Å²) in [6.07, 6.45) is 0.759. The summed E-state index contributed by atoms with van der Waals surface area (Å²) in [5, 5.41) is 9.86. The molecule has 2 aliphatic heterocycles. The van der Waals surface area contributed by atoms with Crippen LogP contribution < -0.4 is 0 Å². The number of amides is 1. The number of aliphatic hydroxyl groups excluding tert-OH is 1. The smallest absolute Gasteiger partial charge is 0.311 e. The Morgan fingerprint density at radius 1 is 1.36 bits per heavy atom. The van der Waals surface area contributed by atoms with E-state index in [0.29, 0.717) is 6.54 Å². The number of aliphatic hydroxyl groups is 1. The molecule has 0 spiro atoms. The number of carbonyl (C=O) groups is 2. The van der Waals surface area contributed by atoms with Gasteiger partial charge in [-0.1, -0.05) is 28.1 Å². The van der Waals surface area contributed by atoms with Crippen molar-refractivity contribution in [3.05, 3.63) is 34.3 Å². The molecule has 118 valence electrons. The summed E-state index contributed by atoms with van der Waals surface area (Å²) in [4.78, 5) is 25.9. The summed E-state index contributed by atoms with van der Waals surface area (Å²) < 4.78 is 6.37. The standard InChI is InChI=1S/C16H18BrNO4/c17-11-5-3-10(4-6-11)9-22-16(21)12-8-14(19)15(20)18-7-1-2-13(12)18/h3-6,12-14,19H,1-2,7-9H2/t12-,13+,14+/m0/s1. The lowest BCUT2D eigenvalue weighted by Gasteiger charge is -2.37. The average molecular weight is 368 g/mol. The number of carbonyl (C=O) groups excluding carboxylic acids is 2. The Kier molecular flexibility index (Phi) is 4.49. The van der Waals surface area contributed by atoms with Crippen LogP contribution in [0.2, 0.25) is 0 Å². The van der Waals surface area contributed by atoms with Crippen LogP contribution in [0.3, 0.4) is 0 Å². The first-order valence-electron chi connectivity index (χ1n) is 7.46. The van der Waals surface area contributed by atoms with Gasteiger partial charge in [0, 0.05) is 17.1 Å². The van der Waals surface area contributed by atoms with Gasteiger partial charge in [-0.05, 0) is 37.0 Å². The molecule has 3 atom stereocenters. The summed E-state index contributed by atoms with van der Waals surface area (Å²) in [5.74, 6) is -1.00. The third kappa shape index (κ3) is 3.03. The number of ether oxygens (including phenoxy) is 1. The molecule has 2 fully saturated rings. The van der Waals surface area contributed by atoms with Crippen LogP contribution in [-0.2, 0) is 20.9 Å². The predicted octanol–water partition coefficient (Wildman–Crippen LogP) is 1.86. The maximum atomic E-state index is 12.4. The Morgan fingerprint density at radius 3 is 2.82 bits per heavy atom. The molecule has 1 aromatic rings. The number of hydrogen-bond donors (Lipinski definition) is 1. The minimum atomic E-state index is -1.08. The summed E-state index contributed by atoms with van der Waals surface area (Å²) in [7, 11) is 0. The lowest BCUT2D eigenvalue weighted by molar-refractivity contribution is -0.162. The normalized spacial score (nSPS) is 27.6. The molecule has 5 nitrogen and oxygen atoms in total. The van der Waals surface area contributed by atoms with E-state index in [2.05, 4.69) is 15.9 Å². The van der Waals surface area contributed by atoms with Crippen LogP contribution in [0, 0.1) is 5.92 Å². The van der Waals surface area contributed by atoms with Crippen LogP contribution in [0.4, 0.5) is 0 Å². The second-order valence-corrected chi connectivity index (χ2v) is 6.75. The number of rotatable bonds is 3. The Bertz CT molecular complexity index is 574. The van der Waals surface area contributed by atoms with Gasteiger partial charge in [-0.25, -0.2) is 0 Å². The van der Waals surface area contributed by atoms with Gasteiger partial charge in [-0.15, -0.1) is 0 Å². The first-order valence-corrected chi connectivity index (χ1v) is 8.25. The van der Waals surface area contributed by atoms with Crippen molar-refractivity contribution in [3.63, 3.8) is 0 Å². The highest BCUT2D eigenvalue weighted by molar-refractivity contribution is 9.10. The van der Waals surface area contributed by atoms with Crippen LogP contribution in [0.15, 0.2) is 28.7 Å². The molecule has 3 rings (SSSR count). The van der Waals surface area contributed by atoms with Crippen LogP contribution in [0.5, 0.6) is 0 Å². The zero-order valence-corrected chi connectivity index (χ0v) is 13.7. The van der Waals surface area contributed by atoms with Crippen molar-refractivity contribution in [1.29, 1.82) is 0 Å². The molecule has 0 aliphatic carbocycles. The lowest BCUT2D eigenvalue weighted by Crippen LogP contribution is -2.53. The fraction of sp³-hybridized carbons (Fsp3) is 0.500. The molecular weight excluding hydrogens is 350 g/mol. The minimum Gasteiger partial charge on any atom is -0.461 e. The average Bonchev–Trinajstić information content (AvgIpc) is 3.00. The molecular formula is C16H18BrNO4. The van der Waals surface area contributed by atoms with Gasteiger partial charge in [0.1, 0.15) is 12.7 Å². The van der Waals surface area contributed by atoms with Crippen molar-refractivity contribution in [2.45, 2.75) is 38.0 Å². The third-order valence-electron chi connectivity index (χ3n) is 4.41. The monoisotopic (exact) mass is 367 g/mol. The van der Waals surface area contributed by atoms with E-state index < -0.39 is 12.0 Å². The Balaban J connectivity index is 1.64. The zero-order valence-electron chi connectivity index (χ0n) is 12.1. The van der Waals surface area contributed by atoms with Crippen molar-refractivity contribution in [1.82, 2.24) is 4.90 Å². The second-order valence-electron chi connectivity index (χ2n) is 5.83. The van der Waals surface area contributed by atoms with E-state index in [1.807, 2.05) is 24.3 Å². The van der Waals surface area contributed by atoms with E-state index in [0.717, 1.165) is 22.9 Å². The van der Waals surface area contributed by atoms with Gasteiger partial charge in [0.05, 0.1) is 5.92 Å². The molecule has 0 radical (unpaired) electrons. The van der Waals surface area contributed by atoms with E-state index in [1.54, 1.807) is 4.90 Å². The molecule has 6 heteroatoms. The zero-order chi connectivity index (χ0) is 15.7. The Morgan fingerprint density at radius 2 is 2.09 bits per heavy atom. The largest absolute Gasteiger partial charge is 0.461 e. The van der Waals surface area contributed by atoms with Gasteiger partial charge in [0.25, 0.3) is 5.91 Å². The van der Waals surface area contributed by atoms with Gasteiger partial charge < -0.3 is 14.7 Å². The van der Waals surface area contributed by atoms with Crippen LogP contribution in [0.25, 0.3) is 0 Å². The topological polar surface area (TPSA) is 66.8 Å². The van der Waals surface area contributed by atoms with E-state index in [-0.39, 0.29) is 30.9 Å². The first kappa shape index (κ1) is 15.5. The highest BCUT2D eigenvalue weighted by atomic mass is 79.9. The minimum absolute atomic E-state index is 0.117. The van der Waals surface area contributed by atoms with E-state index in [9.17, 15) is 14.7 Å². The molecule has 0 saturated carbocycles. The van der Waals surface area contributed by atoms with Crippen LogP contribution >= 0.6 is 15.9 Å². The number of benzene rings is 1. The number of halogens is 1. The van der Waals surface area contributed by atoms with Crippen LogP contribution in [-0.4, -0.2) is 40.6 Å².